The van der Waals surface area contributed by atoms with E-state index >= 15 is 0 Å². The van der Waals surface area contributed by atoms with E-state index in [1.807, 2.05) is 130 Å². The number of benzene rings is 3. The fourth-order valence-electron chi connectivity index (χ4n) is 7.66. The summed E-state index contributed by atoms with van der Waals surface area (Å²) in [6.45, 7) is 12.3. The SMILES string of the molecule is CC(C)(C)OC(=O)N1C[C@@H]2C[C@H]1CN2C1CCCCC1.COc1cc2c(cc1OC(C)C)CN(c1ccc(N(C)C)cc1)C(=O)C2.Clc1ccccc1. The van der Waals surface area contributed by atoms with Crippen LogP contribution in [0.3, 0.4) is 0 Å². The van der Waals surface area contributed by atoms with E-state index in [1.165, 1.54) is 32.1 Å². The van der Waals surface area contributed by atoms with E-state index in [0.717, 1.165) is 58.8 Å². The molecular weight excluding hydrogens is 688 g/mol. The molecule has 1 saturated carbocycles. The quantitative estimate of drug-likeness (QED) is 0.249. The Labute approximate surface area is 322 Å². The minimum atomic E-state index is -0.387. The van der Waals surface area contributed by atoms with E-state index in [0.29, 0.717) is 30.8 Å². The third-order valence-corrected chi connectivity index (χ3v) is 10.4. The maximum absolute atomic E-state index is 12.7. The number of carbonyl (C=O) groups is 2. The average molecular weight is 747 g/mol. The van der Waals surface area contributed by atoms with Gasteiger partial charge in [0.2, 0.25) is 5.91 Å². The molecule has 2 saturated heterocycles. The highest BCUT2D eigenvalue weighted by Gasteiger charge is 2.48. The molecule has 4 aliphatic rings. The van der Waals surface area contributed by atoms with Gasteiger partial charge in [-0.05, 0) is 114 Å². The largest absolute Gasteiger partial charge is 0.493 e. The van der Waals surface area contributed by atoms with Crippen LogP contribution < -0.4 is 19.3 Å². The summed E-state index contributed by atoms with van der Waals surface area (Å²) >= 11 is 5.54. The number of hydrogen-bond acceptors (Lipinski definition) is 7. The van der Waals surface area contributed by atoms with Crippen molar-refractivity contribution in [1.82, 2.24) is 9.80 Å². The first kappa shape index (κ1) is 40.2. The van der Waals surface area contributed by atoms with Crippen molar-refractivity contribution in [2.24, 2.45) is 0 Å². The van der Waals surface area contributed by atoms with Gasteiger partial charge in [-0.25, -0.2) is 4.79 Å². The standard InChI is InChI=1S/C21H26N2O3.C16H28N2O2.C6H5Cl/c1-14(2)26-20-11-16-13-23(18-8-6-17(7-9-18)22(3)4)21(24)12-15(16)10-19(20)25-5;1-16(2,3)20-15(19)18-11-13-9-14(18)10-17(13)12-7-5-4-6-8-12;7-6-4-2-1-3-5-6/h6-11,14H,12-13H2,1-5H3;12-14H,4-11H2,1-3H3;1-5H/t;13-,14-;/m.0./s1. The number of nitrogens with zero attached hydrogens (tertiary/aromatic N) is 4. The summed E-state index contributed by atoms with van der Waals surface area (Å²) in [6, 6.07) is 23.2. The molecule has 0 aromatic heterocycles. The van der Waals surface area contributed by atoms with E-state index in [2.05, 4.69) is 4.90 Å². The van der Waals surface area contributed by atoms with Crippen LogP contribution >= 0.6 is 11.6 Å². The molecule has 0 spiro atoms. The molecule has 288 valence electrons. The van der Waals surface area contributed by atoms with Crippen LogP contribution in [-0.4, -0.2) is 85.9 Å². The van der Waals surface area contributed by atoms with Gasteiger partial charge in [-0.15, -0.1) is 0 Å². The number of rotatable bonds is 6. The summed E-state index contributed by atoms with van der Waals surface area (Å²) in [7, 11) is 5.63. The maximum atomic E-state index is 12.7. The molecule has 3 heterocycles. The normalized spacial score (nSPS) is 19.8. The van der Waals surface area contributed by atoms with Crippen molar-refractivity contribution < 1.29 is 23.8 Å². The number of ether oxygens (including phenoxy) is 3. The number of anilines is 2. The van der Waals surface area contributed by atoms with Crippen LogP contribution in [0.1, 0.15) is 84.3 Å². The minimum Gasteiger partial charge on any atom is -0.493 e. The van der Waals surface area contributed by atoms with E-state index in [4.69, 9.17) is 25.8 Å². The van der Waals surface area contributed by atoms with Crippen molar-refractivity contribution in [2.45, 2.75) is 116 Å². The van der Waals surface area contributed by atoms with Crippen molar-refractivity contribution in [1.29, 1.82) is 0 Å². The van der Waals surface area contributed by atoms with Crippen LogP contribution in [0.15, 0.2) is 66.7 Å². The number of halogens is 1. The van der Waals surface area contributed by atoms with Gasteiger partial charge in [-0.2, -0.15) is 0 Å². The molecule has 53 heavy (non-hydrogen) atoms. The molecule has 3 fully saturated rings. The monoisotopic (exact) mass is 746 g/mol. The maximum Gasteiger partial charge on any atom is 0.410 e. The van der Waals surface area contributed by atoms with E-state index in [9.17, 15) is 9.59 Å². The minimum absolute atomic E-state index is 0.0573. The average Bonchev–Trinajstić information content (AvgIpc) is 3.74. The first-order valence-electron chi connectivity index (χ1n) is 19.1. The van der Waals surface area contributed by atoms with Gasteiger partial charge in [0.15, 0.2) is 11.5 Å². The van der Waals surface area contributed by atoms with Gasteiger partial charge in [0.25, 0.3) is 0 Å². The summed E-state index contributed by atoms with van der Waals surface area (Å²) in [4.78, 5) is 33.4. The zero-order valence-electron chi connectivity index (χ0n) is 32.9. The van der Waals surface area contributed by atoms with Crippen LogP contribution in [-0.2, 0) is 22.5 Å². The van der Waals surface area contributed by atoms with Gasteiger partial charge < -0.3 is 28.9 Å². The molecule has 1 aliphatic carbocycles. The number of piperazine rings is 1. The number of fused-ring (bicyclic) bond motifs is 3. The van der Waals surface area contributed by atoms with Crippen LogP contribution in [0.4, 0.5) is 16.2 Å². The van der Waals surface area contributed by atoms with Crippen LogP contribution in [0, 0.1) is 0 Å². The first-order valence-corrected chi connectivity index (χ1v) is 19.5. The van der Waals surface area contributed by atoms with Crippen LogP contribution in [0.25, 0.3) is 0 Å². The van der Waals surface area contributed by atoms with Crippen molar-refractivity contribution in [3.05, 3.63) is 82.9 Å². The zero-order chi connectivity index (χ0) is 38.3. The Hall–Kier alpha value is -3.95. The Morgan fingerprint density at radius 1 is 0.868 bits per heavy atom. The first-order chi connectivity index (χ1) is 25.2. The van der Waals surface area contributed by atoms with Gasteiger partial charge >= 0.3 is 6.09 Å². The topological polar surface area (TPSA) is 74.8 Å². The van der Waals surface area contributed by atoms with Crippen molar-refractivity contribution in [2.75, 3.05) is 44.1 Å². The van der Waals surface area contributed by atoms with Gasteiger partial charge in [0.1, 0.15) is 5.60 Å². The summed E-state index contributed by atoms with van der Waals surface area (Å²) in [5.41, 5.74) is 3.73. The number of likely N-dealkylation sites (tertiary alicyclic amines) is 2. The fraction of sp³-hybridized carbons (Fsp3) is 0.535. The number of amides is 2. The lowest BCUT2D eigenvalue weighted by molar-refractivity contribution is -0.118. The molecule has 0 radical (unpaired) electrons. The molecule has 0 unspecified atom stereocenters. The summed E-state index contributed by atoms with van der Waals surface area (Å²) in [5, 5.41) is 0.794. The third-order valence-electron chi connectivity index (χ3n) is 10.2. The Morgan fingerprint density at radius 2 is 1.53 bits per heavy atom. The number of carbonyl (C=O) groups excluding carboxylic acids is 2. The molecule has 10 heteroatoms. The van der Waals surface area contributed by atoms with Gasteiger partial charge in [-0.3, -0.25) is 9.69 Å². The second-order valence-electron chi connectivity index (χ2n) is 16.0. The molecule has 0 N–H and O–H groups in total. The highest BCUT2D eigenvalue weighted by Crippen LogP contribution is 2.38. The summed E-state index contributed by atoms with van der Waals surface area (Å²) in [5.74, 6) is 1.49. The predicted molar refractivity (Wildman–Crippen MR) is 215 cm³/mol. The van der Waals surface area contributed by atoms with Gasteiger partial charge in [0, 0.05) is 61.7 Å². The van der Waals surface area contributed by atoms with E-state index < -0.39 is 0 Å². The highest BCUT2D eigenvalue weighted by molar-refractivity contribution is 6.30. The van der Waals surface area contributed by atoms with Crippen LogP contribution in [0.2, 0.25) is 5.02 Å². The van der Waals surface area contributed by atoms with Crippen molar-refractivity contribution in [3.8, 4) is 11.5 Å². The molecule has 2 amide bonds. The number of methoxy groups -OCH3 is 1. The Kier molecular flexibility index (Phi) is 13.6. The molecular formula is C43H59ClN4O5. The molecule has 9 nitrogen and oxygen atoms in total. The molecule has 7 rings (SSSR count). The van der Waals surface area contributed by atoms with E-state index in [1.54, 1.807) is 7.11 Å². The van der Waals surface area contributed by atoms with E-state index in [-0.39, 0.29) is 23.7 Å². The Morgan fingerprint density at radius 3 is 2.06 bits per heavy atom. The molecule has 2 atom stereocenters. The van der Waals surface area contributed by atoms with Crippen molar-refractivity contribution >= 4 is 35.0 Å². The van der Waals surface area contributed by atoms with Crippen LogP contribution in [0.5, 0.6) is 11.5 Å². The van der Waals surface area contributed by atoms with Gasteiger partial charge in [-0.1, -0.05) is 49.1 Å². The lowest BCUT2D eigenvalue weighted by Crippen LogP contribution is -2.53. The highest BCUT2D eigenvalue weighted by atomic mass is 35.5. The molecule has 2 bridgehead atoms. The lowest BCUT2D eigenvalue weighted by Gasteiger charge is -2.40. The molecule has 3 aliphatic heterocycles. The smallest absolute Gasteiger partial charge is 0.410 e. The summed E-state index contributed by atoms with van der Waals surface area (Å²) in [6.07, 6.45) is 8.34. The molecule has 3 aromatic carbocycles. The molecule has 3 aromatic rings. The summed E-state index contributed by atoms with van der Waals surface area (Å²) < 4.78 is 16.8. The third kappa shape index (κ3) is 10.8. The van der Waals surface area contributed by atoms with Crippen molar-refractivity contribution in [3.63, 3.8) is 0 Å². The predicted octanol–water partition coefficient (Wildman–Crippen LogP) is 8.99. The lowest BCUT2D eigenvalue weighted by atomic mass is 9.93. The Balaban J connectivity index is 0.000000176. The number of hydrogen-bond donors (Lipinski definition) is 0. The second kappa shape index (κ2) is 17.9. The zero-order valence-corrected chi connectivity index (χ0v) is 33.7. The van der Waals surface area contributed by atoms with Gasteiger partial charge in [0.05, 0.1) is 26.2 Å². The Bertz CT molecular complexity index is 1650. The fourth-order valence-corrected chi connectivity index (χ4v) is 7.81. The second-order valence-corrected chi connectivity index (χ2v) is 16.4.